The van der Waals surface area contributed by atoms with E-state index in [-0.39, 0.29) is 54.6 Å². The van der Waals surface area contributed by atoms with Crippen LogP contribution in [0.15, 0.2) is 132 Å². The van der Waals surface area contributed by atoms with Crippen molar-refractivity contribution in [3.8, 4) is 23.0 Å². The minimum absolute atomic E-state index is 0.00128. The van der Waals surface area contributed by atoms with E-state index in [0.717, 1.165) is 11.8 Å². The fourth-order valence-corrected chi connectivity index (χ4v) is 8.17. The van der Waals surface area contributed by atoms with Crippen LogP contribution in [0.25, 0.3) is 0 Å². The molecule has 0 aliphatic heterocycles. The van der Waals surface area contributed by atoms with Gasteiger partial charge in [0.1, 0.15) is 53.2 Å². The van der Waals surface area contributed by atoms with E-state index >= 15 is 0 Å². The molecule has 0 unspecified atom stereocenters. The molecular formula is C52H59N7O11S. The van der Waals surface area contributed by atoms with Crippen LogP contribution in [0.2, 0.25) is 0 Å². The first kappa shape index (κ1) is 54.0. The Balaban J connectivity index is 1.44. The Morgan fingerprint density at radius 1 is 0.451 bits per heavy atom. The fraction of sp³-hybridized carbons (Fsp3) is 0.288. The lowest BCUT2D eigenvalue weighted by atomic mass is 10.0. The summed E-state index contributed by atoms with van der Waals surface area (Å²) < 4.78 is 0. The van der Waals surface area contributed by atoms with Crippen LogP contribution >= 0.6 is 11.8 Å². The van der Waals surface area contributed by atoms with Gasteiger partial charge in [-0.25, -0.2) is 0 Å². The van der Waals surface area contributed by atoms with Crippen LogP contribution in [0.4, 0.5) is 0 Å². The van der Waals surface area contributed by atoms with Crippen LogP contribution in [-0.2, 0) is 59.2 Å². The lowest BCUT2D eigenvalue weighted by Crippen LogP contribution is -2.60. The van der Waals surface area contributed by atoms with Gasteiger partial charge >= 0.3 is 0 Å². The van der Waals surface area contributed by atoms with Gasteiger partial charge in [-0.15, -0.1) is 0 Å². The number of rotatable bonds is 24. The normalized spacial score (nSPS) is 13.6. The second kappa shape index (κ2) is 26.2. The van der Waals surface area contributed by atoms with E-state index < -0.39 is 83.2 Å². The fourth-order valence-electron chi connectivity index (χ4n) is 7.36. The number of phenolic OH excluding ortho intramolecular Hbond substituents is 4. The Morgan fingerprint density at radius 3 is 1.11 bits per heavy atom. The number of aromatic hydroxyl groups is 4. The molecule has 6 amide bonds. The summed E-state index contributed by atoms with van der Waals surface area (Å²) in [5, 5.41) is 52.6. The van der Waals surface area contributed by atoms with Gasteiger partial charge in [0, 0.05) is 30.6 Å². The Hall–Kier alpha value is -7.90. The van der Waals surface area contributed by atoms with Crippen LogP contribution in [0, 0.1) is 5.92 Å². The summed E-state index contributed by atoms with van der Waals surface area (Å²) in [5.41, 5.74) is 13.8. The van der Waals surface area contributed by atoms with Crippen LogP contribution < -0.4 is 38.1 Å². The molecule has 0 radical (unpaired) electrons. The molecule has 0 saturated heterocycles. The molecule has 374 valence electrons. The minimum atomic E-state index is -1.71. The van der Waals surface area contributed by atoms with Crippen molar-refractivity contribution in [1.29, 1.82) is 0 Å². The maximum Gasteiger partial charge on any atom is 0.243 e. The highest BCUT2D eigenvalue weighted by Crippen LogP contribution is 2.23. The van der Waals surface area contributed by atoms with Crippen molar-refractivity contribution in [3.63, 3.8) is 0 Å². The second-order valence-corrected chi connectivity index (χ2v) is 18.5. The van der Waals surface area contributed by atoms with Gasteiger partial charge in [0.05, 0.1) is 12.5 Å². The third kappa shape index (κ3) is 17.8. The summed E-state index contributed by atoms with van der Waals surface area (Å²) in [4.78, 5) is 97.7. The molecule has 5 rings (SSSR count). The lowest BCUT2D eigenvalue weighted by Gasteiger charge is -2.27. The first-order chi connectivity index (χ1) is 33.8. The zero-order valence-electron chi connectivity index (χ0n) is 39.1. The van der Waals surface area contributed by atoms with Crippen molar-refractivity contribution in [3.05, 3.63) is 150 Å². The second-order valence-electron chi connectivity index (χ2n) is 17.4. The first-order valence-electron chi connectivity index (χ1n) is 22.8. The summed E-state index contributed by atoms with van der Waals surface area (Å²) in [6, 6.07) is 24.1. The van der Waals surface area contributed by atoms with Crippen molar-refractivity contribution < 1.29 is 54.0 Å². The molecule has 0 fully saturated rings. The molecule has 0 heterocycles. The van der Waals surface area contributed by atoms with Gasteiger partial charge in [0.2, 0.25) is 40.6 Å². The summed E-state index contributed by atoms with van der Waals surface area (Å²) in [6.07, 6.45) is -0.993. The summed E-state index contributed by atoms with van der Waals surface area (Å²) in [6.45, 7) is 3.74. The number of hydrogen-bond donors (Lipinski definition) is 11. The third-order valence-electron chi connectivity index (χ3n) is 11.1. The molecule has 0 aromatic heterocycles. The number of primary amides is 1. The lowest BCUT2D eigenvalue weighted by molar-refractivity contribution is -0.135. The highest BCUT2D eigenvalue weighted by Gasteiger charge is 2.34. The van der Waals surface area contributed by atoms with Crippen LogP contribution in [0.3, 0.4) is 0 Å². The van der Waals surface area contributed by atoms with E-state index in [9.17, 15) is 54.0 Å². The Morgan fingerprint density at radius 2 is 0.761 bits per heavy atom. The summed E-state index contributed by atoms with van der Waals surface area (Å²) in [5.74, 6) is -5.47. The number of benzene rings is 5. The maximum atomic E-state index is 14.6. The molecule has 5 aromatic carbocycles. The van der Waals surface area contributed by atoms with E-state index in [0.29, 0.717) is 33.6 Å². The third-order valence-corrected chi connectivity index (χ3v) is 12.1. The van der Waals surface area contributed by atoms with Crippen LogP contribution in [-0.4, -0.2) is 97.2 Å². The topological polar surface area (TPSA) is 313 Å². The predicted octanol–water partition coefficient (Wildman–Crippen LogP) is 2.77. The number of phenols is 4. The van der Waals surface area contributed by atoms with Crippen molar-refractivity contribution in [2.45, 2.75) is 93.5 Å². The average Bonchev–Trinajstić information content (AvgIpc) is 3.32. The largest absolute Gasteiger partial charge is 0.508 e. The molecule has 13 N–H and O–H groups in total. The summed E-state index contributed by atoms with van der Waals surface area (Å²) in [7, 11) is 0. The number of amides is 6. The Labute approximate surface area is 415 Å². The van der Waals surface area contributed by atoms with Crippen LogP contribution in [0.1, 0.15) is 48.9 Å². The van der Waals surface area contributed by atoms with E-state index in [4.69, 9.17) is 11.5 Å². The summed E-state index contributed by atoms with van der Waals surface area (Å²) >= 11 is 0.899. The van der Waals surface area contributed by atoms with Gasteiger partial charge in [-0.2, -0.15) is 0 Å². The van der Waals surface area contributed by atoms with Crippen molar-refractivity contribution in [2.75, 3.05) is 0 Å². The number of carbonyl (C=O) groups is 7. The van der Waals surface area contributed by atoms with E-state index in [1.54, 1.807) is 42.5 Å². The molecule has 0 spiro atoms. The molecule has 5 aromatic rings. The van der Waals surface area contributed by atoms with Crippen molar-refractivity contribution >= 4 is 52.3 Å². The predicted molar refractivity (Wildman–Crippen MR) is 265 cm³/mol. The van der Waals surface area contributed by atoms with Gasteiger partial charge in [-0.3, -0.25) is 33.6 Å². The zero-order valence-corrected chi connectivity index (χ0v) is 39.9. The van der Waals surface area contributed by atoms with Gasteiger partial charge in [-0.05, 0) is 107 Å². The minimum Gasteiger partial charge on any atom is -0.508 e. The molecule has 0 saturated carbocycles. The van der Waals surface area contributed by atoms with E-state index in [1.807, 2.05) is 13.8 Å². The number of thioether (sulfide) groups is 1. The molecular weight excluding hydrogens is 931 g/mol. The smallest absolute Gasteiger partial charge is 0.243 e. The monoisotopic (exact) mass is 989 g/mol. The van der Waals surface area contributed by atoms with Gasteiger partial charge < -0.3 is 58.5 Å². The SMILES string of the molecule is CC(C)C[C@@H](N)C(=O)N[C@H](Cc1ccc(O)cc1)C(=O)N[C@@H](CC(N)=O)C(=O)N[C@H](Cc1ccc(O)cc1)C(=O)N[C@H](Cc1ccc(O)cc1)C(=O)N[C@@H](Cc1ccc(O)cc1)C(=O)Sc1ccccc1. The number of carbonyl (C=O) groups excluding carboxylic acids is 7. The molecule has 6 atom stereocenters. The quantitative estimate of drug-likeness (QED) is 0.0397. The van der Waals surface area contributed by atoms with Gasteiger partial charge in [0.15, 0.2) is 0 Å². The maximum absolute atomic E-state index is 14.6. The average molecular weight is 990 g/mol. The zero-order chi connectivity index (χ0) is 51.6. The van der Waals surface area contributed by atoms with Gasteiger partial charge in [-0.1, -0.05) is 80.6 Å². The van der Waals surface area contributed by atoms with E-state index in [1.165, 1.54) is 84.9 Å². The molecule has 0 aliphatic carbocycles. The first-order valence-corrected chi connectivity index (χ1v) is 23.6. The Bertz CT molecular complexity index is 2600. The van der Waals surface area contributed by atoms with E-state index in [2.05, 4.69) is 26.6 Å². The number of nitrogens with one attached hydrogen (secondary N) is 5. The standard InChI is InChI=1S/C52H59N7O11S/c1-30(2)24-40(53)47(65)55-41(25-31-8-16-35(60)17-9-31)48(66)58-44(29-46(54)64)51(69)57-42(26-32-10-18-36(61)19-11-32)49(67)56-43(27-33-12-20-37(62)21-13-33)50(68)59-45(28-34-14-22-38(63)23-15-34)52(70)71-39-6-4-3-5-7-39/h3-23,30,40-45,60-63H,24-29,53H2,1-2H3,(H2,54,64)(H,55,65)(H,56,67)(H,57,69)(H,58,66)(H,59,68)/t40-,41-,42-,43-,44+,45+/m1/s1. The van der Waals surface area contributed by atoms with Crippen LogP contribution in [0.5, 0.6) is 23.0 Å². The number of hydrogen-bond acceptors (Lipinski definition) is 13. The molecule has 19 heteroatoms. The highest BCUT2D eigenvalue weighted by atomic mass is 32.2. The Kier molecular flexibility index (Phi) is 19.9. The van der Waals surface area contributed by atoms with Gasteiger partial charge in [0.25, 0.3) is 0 Å². The molecule has 71 heavy (non-hydrogen) atoms. The number of nitrogens with two attached hydrogens (primary N) is 2. The molecule has 0 aliphatic rings. The highest BCUT2D eigenvalue weighted by molar-refractivity contribution is 8.13. The van der Waals surface area contributed by atoms with Crippen molar-refractivity contribution in [1.82, 2.24) is 26.6 Å². The molecule has 18 nitrogen and oxygen atoms in total. The van der Waals surface area contributed by atoms with Crippen molar-refractivity contribution in [2.24, 2.45) is 17.4 Å². The molecule has 0 bridgehead atoms.